The second-order valence-corrected chi connectivity index (χ2v) is 5.90. The van der Waals surface area contributed by atoms with Crippen molar-refractivity contribution in [3.63, 3.8) is 0 Å². The maximum Gasteiger partial charge on any atom is 0.141 e. The van der Waals surface area contributed by atoms with E-state index in [1.807, 2.05) is 13.0 Å². The first kappa shape index (κ1) is 12.5. The zero-order valence-electron chi connectivity index (χ0n) is 10.9. The maximum atomic E-state index is 9.51. The van der Waals surface area contributed by atoms with Gasteiger partial charge in [0.05, 0.1) is 25.2 Å². The summed E-state index contributed by atoms with van der Waals surface area (Å²) in [7, 11) is 0. The molecule has 0 atom stereocenters. The van der Waals surface area contributed by atoms with Crippen molar-refractivity contribution >= 4 is 0 Å². The predicted octanol–water partition coefficient (Wildman–Crippen LogP) is 1.34. The predicted molar refractivity (Wildman–Crippen MR) is 65.1 cm³/mol. The lowest BCUT2D eigenvalue weighted by molar-refractivity contribution is -0.0886. The van der Waals surface area contributed by atoms with Gasteiger partial charge in [-0.3, -0.25) is 0 Å². The van der Waals surface area contributed by atoms with Gasteiger partial charge < -0.3 is 9.84 Å². The van der Waals surface area contributed by atoms with Gasteiger partial charge in [-0.15, -0.1) is 0 Å². The van der Waals surface area contributed by atoms with Gasteiger partial charge in [0.1, 0.15) is 5.82 Å². The molecule has 0 unspecified atom stereocenters. The van der Waals surface area contributed by atoms with E-state index < -0.39 is 0 Å². The van der Waals surface area contributed by atoms with Gasteiger partial charge in [0.2, 0.25) is 0 Å². The fourth-order valence-electron chi connectivity index (χ4n) is 1.83. The van der Waals surface area contributed by atoms with E-state index in [0.717, 1.165) is 17.2 Å². The molecular formula is C13H20N2O2. The molecule has 1 fully saturated rings. The average molecular weight is 236 g/mol. The highest BCUT2D eigenvalue weighted by molar-refractivity contribution is 5.22. The van der Waals surface area contributed by atoms with Crippen LogP contribution in [0.25, 0.3) is 0 Å². The summed E-state index contributed by atoms with van der Waals surface area (Å²) in [6.07, 6.45) is 0. The van der Waals surface area contributed by atoms with Gasteiger partial charge in [-0.25, -0.2) is 9.97 Å². The Morgan fingerprint density at radius 2 is 2.00 bits per heavy atom. The molecule has 1 aliphatic rings. The topological polar surface area (TPSA) is 55.2 Å². The molecule has 1 aromatic rings. The fourth-order valence-corrected chi connectivity index (χ4v) is 1.83. The number of hydrogen-bond acceptors (Lipinski definition) is 4. The molecule has 4 nitrogen and oxygen atoms in total. The number of aliphatic hydroxyl groups is 1. The summed E-state index contributed by atoms with van der Waals surface area (Å²) in [6, 6.07) is 2.01. The van der Waals surface area contributed by atoms with Crippen LogP contribution in [0, 0.1) is 6.92 Å². The van der Waals surface area contributed by atoms with Gasteiger partial charge in [-0.2, -0.15) is 0 Å². The van der Waals surface area contributed by atoms with Crippen LogP contribution in [0.1, 0.15) is 38.0 Å². The van der Waals surface area contributed by atoms with Crippen molar-refractivity contribution in [1.29, 1.82) is 0 Å². The third kappa shape index (κ3) is 2.19. The lowest BCUT2D eigenvalue weighted by atomic mass is 9.84. The molecule has 0 bridgehead atoms. The molecule has 1 saturated heterocycles. The highest BCUT2D eigenvalue weighted by atomic mass is 16.5. The number of ether oxygens (including phenoxy) is 1. The molecule has 17 heavy (non-hydrogen) atoms. The number of hydrogen-bond donors (Lipinski definition) is 1. The first-order valence-electron chi connectivity index (χ1n) is 5.93. The molecule has 94 valence electrons. The number of nitrogens with zero attached hydrogens (tertiary/aromatic N) is 2. The Bertz CT molecular complexity index is 414. The number of aryl methyl sites for hydroxylation is 1. The van der Waals surface area contributed by atoms with E-state index >= 15 is 0 Å². The van der Waals surface area contributed by atoms with Crippen LogP contribution in [0.2, 0.25) is 0 Å². The minimum absolute atomic E-state index is 0.0102. The molecule has 1 aromatic heterocycles. The normalized spacial score (nSPS) is 18.9. The highest BCUT2D eigenvalue weighted by Crippen LogP contribution is 2.31. The second kappa shape index (κ2) is 4.03. The summed E-state index contributed by atoms with van der Waals surface area (Å²) in [4.78, 5) is 9.08. The van der Waals surface area contributed by atoms with Gasteiger partial charge in [0.15, 0.2) is 0 Å². The second-order valence-electron chi connectivity index (χ2n) is 5.90. The Morgan fingerprint density at radius 3 is 2.41 bits per heavy atom. The van der Waals surface area contributed by atoms with Crippen LogP contribution in [0.4, 0.5) is 0 Å². The van der Waals surface area contributed by atoms with E-state index in [-0.39, 0.29) is 17.4 Å². The largest absolute Gasteiger partial charge is 0.395 e. The van der Waals surface area contributed by atoms with Crippen molar-refractivity contribution < 1.29 is 9.84 Å². The lowest BCUT2D eigenvalue weighted by Crippen LogP contribution is -2.51. The summed E-state index contributed by atoms with van der Waals surface area (Å²) in [5.74, 6) is 0.719. The molecule has 4 heteroatoms. The van der Waals surface area contributed by atoms with E-state index in [0.29, 0.717) is 13.2 Å². The van der Waals surface area contributed by atoms with E-state index in [1.165, 1.54) is 0 Å². The molecule has 0 spiro atoms. The zero-order valence-corrected chi connectivity index (χ0v) is 10.9. The van der Waals surface area contributed by atoms with Gasteiger partial charge >= 0.3 is 0 Å². The van der Waals surface area contributed by atoms with Crippen molar-refractivity contribution in [3.8, 4) is 0 Å². The van der Waals surface area contributed by atoms with Gasteiger partial charge in [0, 0.05) is 16.8 Å². The summed E-state index contributed by atoms with van der Waals surface area (Å²) in [5.41, 5.74) is 1.56. The van der Waals surface area contributed by atoms with E-state index in [2.05, 4.69) is 30.7 Å². The number of aromatic nitrogens is 2. The van der Waals surface area contributed by atoms with Gasteiger partial charge in [-0.1, -0.05) is 20.8 Å². The first-order valence-corrected chi connectivity index (χ1v) is 5.93. The number of rotatable bonds is 2. The van der Waals surface area contributed by atoms with Crippen LogP contribution in [0.5, 0.6) is 0 Å². The van der Waals surface area contributed by atoms with Crippen LogP contribution in [-0.2, 0) is 15.6 Å². The van der Waals surface area contributed by atoms with Crippen LogP contribution in [-0.4, -0.2) is 34.9 Å². The zero-order chi connectivity index (χ0) is 12.7. The van der Waals surface area contributed by atoms with Crippen LogP contribution in [0.3, 0.4) is 0 Å². The van der Waals surface area contributed by atoms with E-state index in [4.69, 9.17) is 4.74 Å². The Balaban J connectivity index is 2.45. The molecule has 0 aromatic carbocycles. The Labute approximate surface area is 102 Å². The summed E-state index contributed by atoms with van der Waals surface area (Å²) >= 11 is 0. The minimum Gasteiger partial charge on any atom is -0.395 e. The fraction of sp³-hybridized carbons (Fsp3) is 0.692. The molecule has 0 aliphatic carbocycles. The Kier molecular flexibility index (Phi) is 2.96. The quantitative estimate of drug-likeness (QED) is 0.842. The van der Waals surface area contributed by atoms with Crippen molar-refractivity contribution in [2.24, 2.45) is 0 Å². The Hall–Kier alpha value is -1.00. The third-order valence-electron chi connectivity index (χ3n) is 3.16. The first-order chi connectivity index (χ1) is 7.87. The molecule has 2 heterocycles. The van der Waals surface area contributed by atoms with Crippen molar-refractivity contribution in [1.82, 2.24) is 9.97 Å². The highest BCUT2D eigenvalue weighted by Gasteiger charge is 2.43. The molecule has 0 radical (unpaired) electrons. The van der Waals surface area contributed by atoms with Crippen LogP contribution >= 0.6 is 0 Å². The molecule has 1 N–H and O–H groups in total. The molecule has 1 aliphatic heterocycles. The van der Waals surface area contributed by atoms with Crippen molar-refractivity contribution in [2.75, 3.05) is 19.8 Å². The van der Waals surface area contributed by atoms with Crippen LogP contribution in [0.15, 0.2) is 6.07 Å². The number of aliphatic hydroxyl groups excluding tert-OH is 1. The summed E-state index contributed by atoms with van der Waals surface area (Å²) in [6.45, 7) is 9.41. The summed E-state index contributed by atoms with van der Waals surface area (Å²) in [5, 5.41) is 9.51. The molecule has 2 rings (SSSR count). The average Bonchev–Trinajstić information content (AvgIpc) is 2.14. The monoisotopic (exact) mass is 236 g/mol. The lowest BCUT2D eigenvalue weighted by Gasteiger charge is -2.38. The maximum absolute atomic E-state index is 9.51. The third-order valence-corrected chi connectivity index (χ3v) is 3.16. The van der Waals surface area contributed by atoms with Gasteiger partial charge in [-0.05, 0) is 13.0 Å². The van der Waals surface area contributed by atoms with Crippen molar-refractivity contribution in [3.05, 3.63) is 23.3 Å². The summed E-state index contributed by atoms with van der Waals surface area (Å²) < 4.78 is 5.21. The smallest absolute Gasteiger partial charge is 0.141 e. The molecular weight excluding hydrogens is 216 g/mol. The molecule has 0 saturated carbocycles. The van der Waals surface area contributed by atoms with Crippen molar-refractivity contribution in [2.45, 2.75) is 38.5 Å². The minimum atomic E-state index is -0.383. The Morgan fingerprint density at radius 1 is 1.35 bits per heavy atom. The van der Waals surface area contributed by atoms with Crippen LogP contribution < -0.4 is 0 Å². The molecule has 0 amide bonds. The standard InChI is InChI=1S/C13H20N2O2/c1-9-5-10(12(2,3)4)15-11(14-9)13(6-16)7-17-8-13/h5,16H,6-8H2,1-4H3. The van der Waals surface area contributed by atoms with E-state index in [1.54, 1.807) is 0 Å². The SMILES string of the molecule is Cc1cc(C(C)(C)C)nc(C2(CO)COC2)n1. The van der Waals surface area contributed by atoms with Gasteiger partial charge in [0.25, 0.3) is 0 Å². The van der Waals surface area contributed by atoms with E-state index in [9.17, 15) is 5.11 Å².